The molecule has 1 N–H and O–H groups in total. The first-order valence-electron chi connectivity index (χ1n) is 6.75. The Hall–Kier alpha value is -1.18. The highest BCUT2D eigenvalue weighted by Gasteiger charge is 2.35. The maximum Gasteiger partial charge on any atom is 0.142 e. The molecule has 3 rings (SSSR count). The fourth-order valence-corrected chi connectivity index (χ4v) is 3.17. The van der Waals surface area contributed by atoms with E-state index in [0.717, 1.165) is 18.9 Å². The summed E-state index contributed by atoms with van der Waals surface area (Å²) in [6.07, 6.45) is 6.74. The number of fused-ring (bicyclic) bond motifs is 1. The zero-order valence-corrected chi connectivity index (χ0v) is 10.6. The summed E-state index contributed by atoms with van der Waals surface area (Å²) in [5.41, 5.74) is 2.87. The fraction of sp³-hybridized carbons (Fsp3) is 0.600. The lowest BCUT2D eigenvalue weighted by molar-refractivity contribution is 0.115. The van der Waals surface area contributed by atoms with Gasteiger partial charge >= 0.3 is 0 Å². The van der Waals surface area contributed by atoms with Crippen LogP contribution < -0.4 is 10.1 Å². The summed E-state index contributed by atoms with van der Waals surface area (Å²) in [5.74, 6) is 1.03. The molecule has 1 aromatic rings. The van der Waals surface area contributed by atoms with Gasteiger partial charge in [0.25, 0.3) is 0 Å². The molecule has 0 saturated heterocycles. The highest BCUT2D eigenvalue weighted by molar-refractivity contribution is 5.62. The van der Waals surface area contributed by atoms with Crippen LogP contribution in [0.4, 0.5) is 5.69 Å². The van der Waals surface area contributed by atoms with Crippen LogP contribution in [-0.2, 0) is 0 Å². The third-order valence-electron chi connectivity index (χ3n) is 4.32. The van der Waals surface area contributed by atoms with Gasteiger partial charge in [-0.2, -0.15) is 0 Å². The molecule has 1 aliphatic heterocycles. The minimum Gasteiger partial charge on any atom is -0.491 e. The van der Waals surface area contributed by atoms with Crippen LogP contribution in [0, 0.1) is 12.3 Å². The average Bonchev–Trinajstić information content (AvgIpc) is 2.53. The van der Waals surface area contributed by atoms with Crippen molar-refractivity contribution in [2.75, 3.05) is 18.5 Å². The first kappa shape index (κ1) is 10.9. The van der Waals surface area contributed by atoms with Gasteiger partial charge in [0.1, 0.15) is 5.75 Å². The Morgan fingerprint density at radius 2 is 2.00 bits per heavy atom. The van der Waals surface area contributed by atoms with Crippen LogP contribution >= 0.6 is 0 Å². The summed E-state index contributed by atoms with van der Waals surface area (Å²) in [7, 11) is 0. The highest BCUT2D eigenvalue weighted by atomic mass is 16.5. The van der Waals surface area contributed by atoms with Crippen molar-refractivity contribution in [3.05, 3.63) is 23.8 Å². The van der Waals surface area contributed by atoms with E-state index in [1.807, 2.05) is 0 Å². The molecule has 1 aromatic carbocycles. The standard InChI is InChI=1S/C15H21NO/c1-12-6-5-7-13-14(12)16-10-15(11-17-13)8-3-2-4-9-15/h5-7,16H,2-4,8-11H2,1H3. The molecule has 2 aliphatic rings. The third kappa shape index (κ3) is 2.01. The molecule has 0 amide bonds. The molecular weight excluding hydrogens is 210 g/mol. The number of anilines is 1. The summed E-state index contributed by atoms with van der Waals surface area (Å²) < 4.78 is 6.06. The van der Waals surface area contributed by atoms with Gasteiger partial charge in [-0.05, 0) is 31.4 Å². The Kier molecular flexibility index (Phi) is 2.73. The van der Waals surface area contributed by atoms with Gasteiger partial charge in [0.2, 0.25) is 0 Å². The minimum absolute atomic E-state index is 0.379. The molecule has 92 valence electrons. The molecule has 0 radical (unpaired) electrons. The van der Waals surface area contributed by atoms with Gasteiger partial charge in [0.05, 0.1) is 12.3 Å². The Labute approximate surface area is 103 Å². The molecule has 2 heteroatoms. The first-order valence-corrected chi connectivity index (χ1v) is 6.75. The predicted molar refractivity (Wildman–Crippen MR) is 70.7 cm³/mol. The Bertz CT molecular complexity index is 407. The van der Waals surface area contributed by atoms with Gasteiger partial charge < -0.3 is 10.1 Å². The summed E-state index contributed by atoms with van der Waals surface area (Å²) in [4.78, 5) is 0. The molecule has 17 heavy (non-hydrogen) atoms. The van der Waals surface area contributed by atoms with Crippen molar-refractivity contribution in [3.63, 3.8) is 0 Å². The van der Waals surface area contributed by atoms with Crippen molar-refractivity contribution in [1.29, 1.82) is 0 Å². The lowest BCUT2D eigenvalue weighted by atomic mass is 9.74. The molecule has 0 unspecified atom stereocenters. The van der Waals surface area contributed by atoms with Crippen LogP contribution in [0.15, 0.2) is 18.2 Å². The molecule has 0 aromatic heterocycles. The van der Waals surface area contributed by atoms with Crippen molar-refractivity contribution in [3.8, 4) is 5.75 Å². The summed E-state index contributed by atoms with van der Waals surface area (Å²) >= 11 is 0. The van der Waals surface area contributed by atoms with Gasteiger partial charge in [0.15, 0.2) is 0 Å². The molecule has 1 fully saturated rings. The smallest absolute Gasteiger partial charge is 0.142 e. The third-order valence-corrected chi connectivity index (χ3v) is 4.32. The molecule has 0 atom stereocenters. The van der Waals surface area contributed by atoms with Gasteiger partial charge in [0, 0.05) is 12.0 Å². The Morgan fingerprint density at radius 1 is 1.18 bits per heavy atom. The van der Waals surface area contributed by atoms with Crippen molar-refractivity contribution >= 4 is 5.69 Å². The normalized spacial score (nSPS) is 22.2. The summed E-state index contributed by atoms with van der Waals surface area (Å²) in [6.45, 7) is 4.11. The number of nitrogens with one attached hydrogen (secondary N) is 1. The zero-order chi connectivity index (χ0) is 11.7. The maximum absolute atomic E-state index is 6.06. The fourth-order valence-electron chi connectivity index (χ4n) is 3.17. The highest BCUT2D eigenvalue weighted by Crippen LogP contribution is 2.41. The van der Waals surface area contributed by atoms with E-state index < -0.39 is 0 Å². The predicted octanol–water partition coefficient (Wildman–Crippen LogP) is 3.75. The molecule has 1 aliphatic carbocycles. The molecule has 1 spiro atoms. The lowest BCUT2D eigenvalue weighted by Gasteiger charge is -2.35. The first-order chi connectivity index (χ1) is 8.29. The largest absolute Gasteiger partial charge is 0.491 e. The topological polar surface area (TPSA) is 21.3 Å². The Balaban J connectivity index is 1.85. The Morgan fingerprint density at radius 3 is 2.82 bits per heavy atom. The quantitative estimate of drug-likeness (QED) is 0.734. The van der Waals surface area contributed by atoms with E-state index in [1.54, 1.807) is 0 Å². The maximum atomic E-state index is 6.06. The van der Waals surface area contributed by atoms with Gasteiger partial charge in [-0.25, -0.2) is 0 Å². The minimum atomic E-state index is 0.379. The van der Waals surface area contributed by atoms with E-state index in [9.17, 15) is 0 Å². The van der Waals surface area contributed by atoms with Crippen LogP contribution in [0.2, 0.25) is 0 Å². The number of ether oxygens (including phenoxy) is 1. The van der Waals surface area contributed by atoms with Crippen LogP contribution in [0.3, 0.4) is 0 Å². The van der Waals surface area contributed by atoms with Crippen molar-refractivity contribution in [2.45, 2.75) is 39.0 Å². The summed E-state index contributed by atoms with van der Waals surface area (Å²) in [6, 6.07) is 6.31. The van der Waals surface area contributed by atoms with Crippen LogP contribution in [0.1, 0.15) is 37.7 Å². The second kappa shape index (κ2) is 4.25. The SMILES string of the molecule is Cc1cccc2c1NCC1(CCCCC1)CO2. The monoisotopic (exact) mass is 231 g/mol. The number of aryl methyl sites for hydroxylation is 1. The van der Waals surface area contributed by atoms with Gasteiger partial charge in [-0.3, -0.25) is 0 Å². The van der Waals surface area contributed by atoms with Gasteiger partial charge in [-0.15, -0.1) is 0 Å². The van der Waals surface area contributed by atoms with E-state index in [2.05, 4.69) is 30.4 Å². The number of rotatable bonds is 0. The van der Waals surface area contributed by atoms with E-state index >= 15 is 0 Å². The molecule has 1 saturated carbocycles. The van der Waals surface area contributed by atoms with Crippen LogP contribution in [0.25, 0.3) is 0 Å². The van der Waals surface area contributed by atoms with Crippen molar-refractivity contribution in [2.24, 2.45) is 5.41 Å². The van der Waals surface area contributed by atoms with Crippen molar-refractivity contribution < 1.29 is 4.74 Å². The number of benzene rings is 1. The molecule has 0 bridgehead atoms. The van der Waals surface area contributed by atoms with Crippen LogP contribution in [0.5, 0.6) is 5.75 Å². The molecule has 2 nitrogen and oxygen atoms in total. The van der Waals surface area contributed by atoms with E-state index in [-0.39, 0.29) is 0 Å². The number of hydrogen-bond donors (Lipinski definition) is 1. The molecular formula is C15H21NO. The number of para-hydroxylation sites is 1. The second-order valence-electron chi connectivity index (χ2n) is 5.65. The van der Waals surface area contributed by atoms with Crippen molar-refractivity contribution in [1.82, 2.24) is 0 Å². The van der Waals surface area contributed by atoms with Gasteiger partial charge in [-0.1, -0.05) is 31.4 Å². The average molecular weight is 231 g/mol. The number of hydrogen-bond acceptors (Lipinski definition) is 2. The van der Waals surface area contributed by atoms with E-state index in [0.29, 0.717) is 5.41 Å². The van der Waals surface area contributed by atoms with E-state index in [4.69, 9.17) is 4.74 Å². The second-order valence-corrected chi connectivity index (χ2v) is 5.65. The summed E-state index contributed by atoms with van der Waals surface area (Å²) in [5, 5.41) is 3.63. The lowest BCUT2D eigenvalue weighted by Crippen LogP contribution is -2.36. The molecule has 1 heterocycles. The van der Waals surface area contributed by atoms with Crippen LogP contribution in [-0.4, -0.2) is 13.2 Å². The van der Waals surface area contributed by atoms with E-state index in [1.165, 1.54) is 43.4 Å². The zero-order valence-electron chi connectivity index (χ0n) is 10.6.